The smallest absolute Gasteiger partial charge is 0.271 e. The molecule has 0 fully saturated rings. The van der Waals surface area contributed by atoms with Gasteiger partial charge in [0.1, 0.15) is 24.6 Å². The highest BCUT2D eigenvalue weighted by atomic mass is 32.1. The number of thiophene rings is 2. The van der Waals surface area contributed by atoms with Crippen LogP contribution in [0, 0.1) is 0 Å². The van der Waals surface area contributed by atoms with Crippen LogP contribution in [0.1, 0.15) is 68.1 Å². The Morgan fingerprint density at radius 2 is 1.23 bits per heavy atom. The number of ether oxygens (including phenoxy) is 4. The molecule has 64 heavy (non-hydrogen) atoms. The van der Waals surface area contributed by atoms with Crippen molar-refractivity contribution in [2.75, 3.05) is 54.7 Å². The molecule has 0 saturated heterocycles. The lowest BCUT2D eigenvalue weighted by Gasteiger charge is -2.32. The van der Waals surface area contributed by atoms with Crippen molar-refractivity contribution in [3.05, 3.63) is 101 Å². The summed E-state index contributed by atoms with van der Waals surface area (Å²) in [5, 5.41) is 24.5. The highest BCUT2D eigenvalue weighted by Gasteiger charge is 2.32. The van der Waals surface area contributed by atoms with Crippen molar-refractivity contribution in [1.29, 1.82) is 0 Å². The number of amides is 2. The number of pyridine rings is 1. The fourth-order valence-corrected chi connectivity index (χ4v) is 9.24. The molecular formula is C50H58N4O8S2. The summed E-state index contributed by atoms with van der Waals surface area (Å²) in [6.45, 7) is 13.1. The van der Waals surface area contributed by atoms with Crippen LogP contribution in [0.5, 0.6) is 23.0 Å². The lowest BCUT2D eigenvalue weighted by atomic mass is 9.95. The second kappa shape index (κ2) is 18.7. The minimum atomic E-state index is -0.306. The molecule has 1 aliphatic rings. The number of fused-ring (bicyclic) bond motifs is 6. The molecule has 12 nitrogen and oxygen atoms in total. The van der Waals surface area contributed by atoms with Crippen LogP contribution in [0.4, 0.5) is 0 Å². The van der Waals surface area contributed by atoms with Gasteiger partial charge < -0.3 is 47.9 Å². The zero-order valence-electron chi connectivity index (χ0n) is 38.3. The van der Waals surface area contributed by atoms with Crippen molar-refractivity contribution in [3.8, 4) is 55.1 Å². The molecule has 0 radical (unpaired) electrons. The second-order valence-corrected chi connectivity index (χ2v) is 19.5. The Balaban J connectivity index is 0.000000191. The Morgan fingerprint density at radius 1 is 0.688 bits per heavy atom. The summed E-state index contributed by atoms with van der Waals surface area (Å²) in [5.41, 5.74) is 6.91. The summed E-state index contributed by atoms with van der Waals surface area (Å²) in [6.07, 6.45) is 2.73. The van der Waals surface area contributed by atoms with Gasteiger partial charge in [-0.1, -0.05) is 12.1 Å². The minimum absolute atomic E-state index is 0.00951. The first-order chi connectivity index (χ1) is 30.5. The molecule has 0 unspecified atom stereocenters. The van der Waals surface area contributed by atoms with Gasteiger partial charge in [0.25, 0.3) is 11.8 Å². The minimum Gasteiger partial charge on any atom is -0.493 e. The van der Waals surface area contributed by atoms with Crippen molar-refractivity contribution in [3.63, 3.8) is 0 Å². The van der Waals surface area contributed by atoms with E-state index in [-0.39, 0.29) is 49.3 Å². The van der Waals surface area contributed by atoms with E-state index in [4.69, 9.17) is 18.9 Å². The van der Waals surface area contributed by atoms with Crippen molar-refractivity contribution < 1.29 is 38.7 Å². The summed E-state index contributed by atoms with van der Waals surface area (Å²) in [5.74, 6) is 2.36. The van der Waals surface area contributed by atoms with Gasteiger partial charge in [-0.15, -0.1) is 22.7 Å². The Morgan fingerprint density at radius 3 is 1.78 bits per heavy atom. The van der Waals surface area contributed by atoms with Crippen LogP contribution in [0.25, 0.3) is 48.4 Å². The van der Waals surface area contributed by atoms with Crippen LogP contribution in [0.15, 0.2) is 83.7 Å². The van der Waals surface area contributed by atoms with Crippen molar-refractivity contribution >= 4 is 50.8 Å². The van der Waals surface area contributed by atoms with Crippen LogP contribution in [-0.4, -0.2) is 107 Å². The topological polar surface area (TPSA) is 127 Å². The zero-order valence-corrected chi connectivity index (χ0v) is 39.9. The number of benzene rings is 2. The highest BCUT2D eigenvalue weighted by Crippen LogP contribution is 2.46. The molecule has 6 heterocycles. The van der Waals surface area contributed by atoms with Crippen molar-refractivity contribution in [2.45, 2.75) is 65.6 Å². The van der Waals surface area contributed by atoms with Crippen LogP contribution in [0.3, 0.4) is 0 Å². The van der Waals surface area contributed by atoms with Gasteiger partial charge in [0.15, 0.2) is 23.0 Å². The fourth-order valence-electron chi connectivity index (χ4n) is 7.75. The predicted molar refractivity (Wildman–Crippen MR) is 257 cm³/mol. The maximum atomic E-state index is 13.5. The standard InChI is InChI=1S/C25H30N2O4S.C25H28N2O4S/c2*1-25(2,3)26(4)24(29)19-14-18(22-7-6-12-32-22)23-17-15-21(31-11-10-28)20(30-5)13-16(17)8-9-27(19)23/h6-7,12-15,28H,8-11H2,1-5H3;6-9,12-15,28H,10-11H2,1-5H3. The van der Waals surface area contributed by atoms with E-state index < -0.39 is 0 Å². The van der Waals surface area contributed by atoms with Crippen molar-refractivity contribution in [2.24, 2.45) is 0 Å². The predicted octanol–water partition coefficient (Wildman–Crippen LogP) is 9.76. The van der Waals surface area contributed by atoms with E-state index in [0.29, 0.717) is 40.9 Å². The Labute approximate surface area is 382 Å². The summed E-state index contributed by atoms with van der Waals surface area (Å²) >= 11 is 3.30. The number of methoxy groups -OCH3 is 2. The maximum absolute atomic E-state index is 13.5. The van der Waals surface area contributed by atoms with Gasteiger partial charge in [0.2, 0.25) is 0 Å². The fraction of sp³-hybridized carbons (Fsp3) is 0.360. The number of hydrogen-bond donors (Lipinski definition) is 2. The molecule has 0 saturated carbocycles. The summed E-state index contributed by atoms with van der Waals surface area (Å²) in [7, 11) is 6.91. The highest BCUT2D eigenvalue weighted by molar-refractivity contribution is 7.14. The Bertz CT molecular complexity index is 2770. The van der Waals surface area contributed by atoms with E-state index in [9.17, 15) is 19.8 Å². The molecule has 338 valence electrons. The normalized spacial score (nSPS) is 12.3. The molecule has 2 amide bonds. The lowest BCUT2D eigenvalue weighted by molar-refractivity contribution is 0.0637. The average Bonchev–Trinajstić information content (AvgIpc) is 4.12. The number of carbonyl (C=O) groups excluding carboxylic acids is 2. The van der Waals surface area contributed by atoms with E-state index in [0.717, 1.165) is 60.4 Å². The monoisotopic (exact) mass is 906 g/mol. The largest absolute Gasteiger partial charge is 0.493 e. The molecule has 0 spiro atoms. The van der Waals surface area contributed by atoms with Gasteiger partial charge >= 0.3 is 0 Å². The second-order valence-electron chi connectivity index (χ2n) is 17.6. The first-order valence-corrected chi connectivity index (χ1v) is 23.0. The third kappa shape index (κ3) is 8.97. The van der Waals surface area contributed by atoms with E-state index in [1.54, 1.807) is 46.7 Å². The first kappa shape index (κ1) is 46.2. The van der Waals surface area contributed by atoms with Crippen LogP contribution in [-0.2, 0) is 13.0 Å². The molecule has 0 bridgehead atoms. The molecule has 8 rings (SSSR count). The Kier molecular flexibility index (Phi) is 13.5. The Hall–Kier alpha value is -5.80. The molecule has 0 atom stereocenters. The molecule has 14 heteroatoms. The SMILES string of the molecule is COc1cc2c(cc1OCCO)-c1c(-c3cccs3)cc(C(=O)N(C)C(C)(C)C)n1CC2.COc1cc2ccn3c(C(=O)N(C)C(C)(C)C)cc(-c4cccs4)c3c2cc1OCCO. The zero-order chi connectivity index (χ0) is 46.1. The molecule has 5 aromatic heterocycles. The number of carbonyl (C=O) groups is 2. The van der Waals surface area contributed by atoms with Crippen molar-refractivity contribution in [1.82, 2.24) is 18.8 Å². The molecule has 2 aromatic carbocycles. The molecule has 7 aromatic rings. The van der Waals surface area contributed by atoms with E-state index >= 15 is 0 Å². The van der Waals surface area contributed by atoms with Crippen LogP contribution >= 0.6 is 22.7 Å². The van der Waals surface area contributed by atoms with Crippen LogP contribution in [0.2, 0.25) is 0 Å². The van der Waals surface area contributed by atoms with Crippen LogP contribution < -0.4 is 18.9 Å². The van der Waals surface area contributed by atoms with E-state index in [1.165, 1.54) is 0 Å². The number of rotatable bonds is 12. The number of hydrogen-bond acceptors (Lipinski definition) is 10. The van der Waals surface area contributed by atoms with Gasteiger partial charge in [0.05, 0.1) is 38.6 Å². The van der Waals surface area contributed by atoms with Gasteiger partial charge in [-0.2, -0.15) is 0 Å². The summed E-state index contributed by atoms with van der Waals surface area (Å²) in [4.78, 5) is 32.7. The number of nitrogens with zero attached hydrogens (tertiary/aromatic N) is 4. The average molecular weight is 907 g/mol. The van der Waals surface area contributed by atoms with Gasteiger partial charge in [0, 0.05) is 69.7 Å². The van der Waals surface area contributed by atoms with E-state index in [1.807, 2.05) is 126 Å². The molecule has 2 N–H and O–H groups in total. The lowest BCUT2D eigenvalue weighted by Crippen LogP contribution is -2.43. The first-order valence-electron chi connectivity index (χ1n) is 21.2. The number of aliphatic hydroxyl groups is 2. The molecular weight excluding hydrogens is 849 g/mol. The number of aryl methyl sites for hydroxylation is 1. The summed E-state index contributed by atoms with van der Waals surface area (Å²) in [6, 6.07) is 22.0. The van der Waals surface area contributed by atoms with Gasteiger partial charge in [-0.3, -0.25) is 9.59 Å². The number of aromatic nitrogens is 2. The summed E-state index contributed by atoms with van der Waals surface area (Å²) < 4.78 is 26.7. The van der Waals surface area contributed by atoms with E-state index in [2.05, 4.69) is 22.1 Å². The van der Waals surface area contributed by atoms with Gasteiger partial charge in [-0.25, -0.2) is 0 Å². The molecule has 1 aliphatic heterocycles. The van der Waals surface area contributed by atoms with Gasteiger partial charge in [-0.05, 0) is 124 Å². The maximum Gasteiger partial charge on any atom is 0.271 e. The number of aliphatic hydroxyl groups excluding tert-OH is 2. The third-order valence-electron chi connectivity index (χ3n) is 11.7. The third-order valence-corrected chi connectivity index (χ3v) is 13.5. The quantitative estimate of drug-likeness (QED) is 0.124. The molecule has 0 aliphatic carbocycles.